The number of carbonyl (C=O) groups excluding carboxylic acids is 2. The fraction of sp³-hybridized carbons (Fsp3) is 0.333. The van der Waals surface area contributed by atoms with Crippen molar-refractivity contribution < 1.29 is 9.59 Å². The zero-order valence-electron chi connectivity index (χ0n) is 16.3. The van der Waals surface area contributed by atoms with E-state index in [4.69, 9.17) is 23.2 Å². The molecule has 1 aliphatic heterocycles. The molecule has 0 bridgehead atoms. The molecule has 1 aliphatic rings. The number of halogens is 2. The van der Waals surface area contributed by atoms with Gasteiger partial charge in [-0.1, -0.05) is 41.4 Å². The van der Waals surface area contributed by atoms with Gasteiger partial charge in [0.2, 0.25) is 11.8 Å². The van der Waals surface area contributed by atoms with Crippen LogP contribution in [0.4, 0.5) is 11.4 Å². The first kappa shape index (κ1) is 21.4. The Kier molecular flexibility index (Phi) is 7.36. The molecule has 29 heavy (non-hydrogen) atoms. The third-order valence-corrected chi connectivity index (χ3v) is 5.65. The van der Waals surface area contributed by atoms with Crippen LogP contribution >= 0.6 is 23.2 Å². The first-order valence-corrected chi connectivity index (χ1v) is 10.2. The van der Waals surface area contributed by atoms with Crippen LogP contribution in [0, 0.1) is 6.92 Å². The fourth-order valence-electron chi connectivity index (χ4n) is 3.23. The summed E-state index contributed by atoms with van der Waals surface area (Å²) in [6.45, 7) is 5.12. The van der Waals surface area contributed by atoms with Crippen molar-refractivity contribution >= 4 is 46.4 Å². The number of rotatable bonds is 6. The van der Waals surface area contributed by atoms with Crippen LogP contribution in [0.2, 0.25) is 10.0 Å². The quantitative estimate of drug-likeness (QED) is 0.732. The zero-order chi connectivity index (χ0) is 20.8. The van der Waals surface area contributed by atoms with Gasteiger partial charge >= 0.3 is 0 Å². The van der Waals surface area contributed by atoms with E-state index in [1.165, 1.54) is 0 Å². The van der Waals surface area contributed by atoms with Gasteiger partial charge in [0, 0.05) is 36.9 Å². The molecule has 2 N–H and O–H groups in total. The van der Waals surface area contributed by atoms with E-state index >= 15 is 0 Å². The molecule has 0 spiro atoms. The minimum absolute atomic E-state index is 0.0790. The van der Waals surface area contributed by atoms with Gasteiger partial charge in [-0.3, -0.25) is 14.5 Å². The standard InChI is InChI=1S/C21H24Cl2N4O2/c1-15-16(22)6-4-7-18(15)25-20(28)13-24-21(29)14-26-9-11-27(12-10-26)19-8-3-2-5-17(19)23/h2-8H,9-14H2,1H3,(H,24,29)(H,25,28). The topological polar surface area (TPSA) is 64.7 Å². The number of para-hydroxylation sites is 1. The van der Waals surface area contributed by atoms with Gasteiger partial charge in [0.15, 0.2) is 0 Å². The number of benzene rings is 2. The van der Waals surface area contributed by atoms with Crippen molar-refractivity contribution in [3.05, 3.63) is 58.1 Å². The monoisotopic (exact) mass is 434 g/mol. The van der Waals surface area contributed by atoms with E-state index in [9.17, 15) is 9.59 Å². The van der Waals surface area contributed by atoms with E-state index in [2.05, 4.69) is 20.4 Å². The van der Waals surface area contributed by atoms with Crippen LogP contribution in [0.15, 0.2) is 42.5 Å². The Bertz CT molecular complexity index is 883. The summed E-state index contributed by atoms with van der Waals surface area (Å²) in [4.78, 5) is 28.6. The highest BCUT2D eigenvalue weighted by Crippen LogP contribution is 2.26. The zero-order valence-corrected chi connectivity index (χ0v) is 17.8. The van der Waals surface area contributed by atoms with Gasteiger partial charge in [-0.2, -0.15) is 0 Å². The normalized spacial score (nSPS) is 14.5. The van der Waals surface area contributed by atoms with Crippen LogP contribution in [0.5, 0.6) is 0 Å². The van der Waals surface area contributed by atoms with E-state index in [0.29, 0.717) is 10.7 Å². The van der Waals surface area contributed by atoms with Crippen LogP contribution in [0.1, 0.15) is 5.56 Å². The van der Waals surface area contributed by atoms with Crippen molar-refractivity contribution in [2.75, 3.05) is 49.5 Å². The molecule has 154 valence electrons. The molecule has 0 aromatic heterocycles. The second kappa shape index (κ2) is 9.96. The van der Waals surface area contributed by atoms with Gasteiger partial charge in [0.1, 0.15) is 0 Å². The number of piperazine rings is 1. The van der Waals surface area contributed by atoms with Crippen molar-refractivity contribution in [1.29, 1.82) is 0 Å². The summed E-state index contributed by atoms with van der Waals surface area (Å²) >= 11 is 12.3. The predicted octanol–water partition coefficient (Wildman–Crippen LogP) is 3.18. The van der Waals surface area contributed by atoms with Crippen LogP contribution < -0.4 is 15.5 Å². The van der Waals surface area contributed by atoms with Crippen molar-refractivity contribution in [1.82, 2.24) is 10.2 Å². The molecule has 1 saturated heterocycles. The Morgan fingerprint density at radius 1 is 0.931 bits per heavy atom. The summed E-state index contributed by atoms with van der Waals surface area (Å²) in [5.41, 5.74) is 2.46. The lowest BCUT2D eigenvalue weighted by Crippen LogP contribution is -2.50. The van der Waals surface area contributed by atoms with Crippen molar-refractivity contribution in [3.8, 4) is 0 Å². The molecule has 0 atom stereocenters. The third-order valence-electron chi connectivity index (χ3n) is 4.92. The Morgan fingerprint density at radius 3 is 2.34 bits per heavy atom. The lowest BCUT2D eigenvalue weighted by molar-refractivity contribution is -0.125. The second-order valence-corrected chi connectivity index (χ2v) is 7.77. The SMILES string of the molecule is Cc1c(Cl)cccc1NC(=O)CNC(=O)CN1CCN(c2ccccc2Cl)CC1. The maximum absolute atomic E-state index is 12.2. The molecule has 1 heterocycles. The first-order valence-electron chi connectivity index (χ1n) is 9.47. The molecule has 0 radical (unpaired) electrons. The average molecular weight is 435 g/mol. The van der Waals surface area contributed by atoms with Crippen molar-refractivity contribution in [2.24, 2.45) is 0 Å². The number of amides is 2. The molecular formula is C21H24Cl2N4O2. The Morgan fingerprint density at radius 2 is 1.62 bits per heavy atom. The van der Waals surface area contributed by atoms with Crippen molar-refractivity contribution in [3.63, 3.8) is 0 Å². The second-order valence-electron chi connectivity index (χ2n) is 6.95. The maximum Gasteiger partial charge on any atom is 0.243 e. The average Bonchev–Trinajstić information content (AvgIpc) is 2.71. The molecule has 2 aromatic rings. The van der Waals surface area contributed by atoms with Crippen molar-refractivity contribution in [2.45, 2.75) is 6.92 Å². The Balaban J connectivity index is 1.41. The Hall–Kier alpha value is -2.28. The van der Waals surface area contributed by atoms with E-state index in [0.717, 1.165) is 42.5 Å². The van der Waals surface area contributed by atoms with E-state index < -0.39 is 0 Å². The van der Waals surface area contributed by atoms with Gasteiger partial charge in [0.25, 0.3) is 0 Å². The van der Waals surface area contributed by atoms with E-state index in [1.807, 2.05) is 31.2 Å². The number of anilines is 2. The molecule has 0 unspecified atom stereocenters. The highest BCUT2D eigenvalue weighted by molar-refractivity contribution is 6.33. The van der Waals surface area contributed by atoms with Crippen LogP contribution in [0.3, 0.4) is 0 Å². The third kappa shape index (κ3) is 5.85. The number of nitrogens with one attached hydrogen (secondary N) is 2. The summed E-state index contributed by atoms with van der Waals surface area (Å²) in [6.07, 6.45) is 0. The first-order chi connectivity index (χ1) is 13.9. The fourth-order valence-corrected chi connectivity index (χ4v) is 3.66. The van der Waals surface area contributed by atoms with Crippen LogP contribution in [-0.4, -0.2) is 56.0 Å². The lowest BCUT2D eigenvalue weighted by atomic mass is 10.2. The largest absolute Gasteiger partial charge is 0.368 e. The highest BCUT2D eigenvalue weighted by atomic mass is 35.5. The van der Waals surface area contributed by atoms with Gasteiger partial charge in [0.05, 0.1) is 23.8 Å². The molecule has 6 nitrogen and oxygen atoms in total. The minimum atomic E-state index is -0.285. The summed E-state index contributed by atoms with van der Waals surface area (Å²) in [5.74, 6) is -0.457. The van der Waals surface area contributed by atoms with E-state index in [-0.39, 0.29) is 24.9 Å². The summed E-state index contributed by atoms with van der Waals surface area (Å²) in [5, 5.41) is 6.77. The van der Waals surface area contributed by atoms with Crippen LogP contribution in [0.25, 0.3) is 0 Å². The summed E-state index contributed by atoms with van der Waals surface area (Å²) in [6, 6.07) is 13.1. The van der Waals surface area contributed by atoms with Gasteiger partial charge in [-0.05, 0) is 36.8 Å². The number of carbonyl (C=O) groups is 2. The van der Waals surface area contributed by atoms with Gasteiger partial charge in [-0.15, -0.1) is 0 Å². The molecule has 2 aromatic carbocycles. The molecule has 3 rings (SSSR count). The maximum atomic E-state index is 12.2. The lowest BCUT2D eigenvalue weighted by Gasteiger charge is -2.36. The molecular weight excluding hydrogens is 411 g/mol. The number of hydrogen-bond donors (Lipinski definition) is 2. The highest BCUT2D eigenvalue weighted by Gasteiger charge is 2.20. The number of nitrogens with zero attached hydrogens (tertiary/aromatic N) is 2. The molecule has 8 heteroatoms. The Labute approximate surface area is 180 Å². The molecule has 1 fully saturated rings. The molecule has 2 amide bonds. The van der Waals surface area contributed by atoms with Gasteiger partial charge < -0.3 is 15.5 Å². The van der Waals surface area contributed by atoms with E-state index in [1.54, 1.807) is 18.2 Å². The van der Waals surface area contributed by atoms with Gasteiger partial charge in [-0.25, -0.2) is 0 Å². The molecule has 0 saturated carbocycles. The predicted molar refractivity (Wildman–Crippen MR) is 118 cm³/mol. The summed E-state index contributed by atoms with van der Waals surface area (Å²) < 4.78 is 0. The summed E-state index contributed by atoms with van der Waals surface area (Å²) in [7, 11) is 0. The smallest absolute Gasteiger partial charge is 0.243 e. The van der Waals surface area contributed by atoms with Crippen LogP contribution in [-0.2, 0) is 9.59 Å². The minimum Gasteiger partial charge on any atom is -0.368 e. The molecule has 0 aliphatic carbocycles. The number of hydrogen-bond acceptors (Lipinski definition) is 4.